The summed E-state index contributed by atoms with van der Waals surface area (Å²) >= 11 is 5.91. The maximum absolute atomic E-state index is 10.9. The first kappa shape index (κ1) is 12.4. The number of ether oxygens (including phenoxy) is 1. The molecular formula is C13H10ClNO3. The Bertz CT molecular complexity index is 599. The fourth-order valence-electron chi connectivity index (χ4n) is 1.51. The molecule has 5 heteroatoms. The average molecular weight is 264 g/mol. The molecule has 0 aliphatic heterocycles. The van der Waals surface area contributed by atoms with E-state index in [-0.39, 0.29) is 5.56 Å². The number of aromatic nitrogens is 1. The summed E-state index contributed by atoms with van der Waals surface area (Å²) in [5.41, 5.74) is 0.883. The number of carboxylic acids is 1. The molecule has 92 valence electrons. The van der Waals surface area contributed by atoms with Gasteiger partial charge in [0.1, 0.15) is 16.5 Å². The largest absolute Gasteiger partial charge is 0.478 e. The SMILES string of the molecule is Cc1cc(Oc2ccncc2Cl)ccc1C(=O)O. The molecule has 1 heterocycles. The summed E-state index contributed by atoms with van der Waals surface area (Å²) in [6.45, 7) is 1.71. The van der Waals surface area contributed by atoms with Gasteiger partial charge in [-0.05, 0) is 30.7 Å². The van der Waals surface area contributed by atoms with Gasteiger partial charge in [0.15, 0.2) is 0 Å². The zero-order valence-electron chi connectivity index (χ0n) is 9.55. The van der Waals surface area contributed by atoms with Gasteiger partial charge in [0.2, 0.25) is 0 Å². The quantitative estimate of drug-likeness (QED) is 0.920. The van der Waals surface area contributed by atoms with Gasteiger partial charge in [-0.1, -0.05) is 11.6 Å². The molecule has 1 N–H and O–H groups in total. The molecule has 0 atom stereocenters. The normalized spacial score (nSPS) is 10.1. The van der Waals surface area contributed by atoms with Crippen LogP contribution < -0.4 is 4.74 Å². The van der Waals surface area contributed by atoms with E-state index in [1.165, 1.54) is 12.3 Å². The van der Waals surface area contributed by atoms with Gasteiger partial charge in [0, 0.05) is 18.5 Å². The number of pyridine rings is 1. The number of carboxylic acid groups (broad SMARTS) is 1. The van der Waals surface area contributed by atoms with E-state index in [2.05, 4.69) is 4.98 Å². The predicted molar refractivity (Wildman–Crippen MR) is 67.5 cm³/mol. The lowest BCUT2D eigenvalue weighted by Crippen LogP contribution is -1.99. The highest BCUT2D eigenvalue weighted by atomic mass is 35.5. The zero-order chi connectivity index (χ0) is 13.1. The van der Waals surface area contributed by atoms with Crippen molar-refractivity contribution in [1.29, 1.82) is 0 Å². The van der Waals surface area contributed by atoms with E-state index in [9.17, 15) is 4.79 Å². The summed E-state index contributed by atoms with van der Waals surface area (Å²) in [7, 11) is 0. The number of carbonyl (C=O) groups is 1. The van der Waals surface area contributed by atoms with Crippen molar-refractivity contribution >= 4 is 17.6 Å². The van der Waals surface area contributed by atoms with Gasteiger partial charge in [-0.2, -0.15) is 0 Å². The van der Waals surface area contributed by atoms with Crippen LogP contribution in [0.3, 0.4) is 0 Å². The molecule has 0 radical (unpaired) electrons. The van der Waals surface area contributed by atoms with Crippen molar-refractivity contribution in [2.45, 2.75) is 6.92 Å². The Morgan fingerprint density at radius 2 is 2.17 bits per heavy atom. The molecule has 1 aromatic heterocycles. The van der Waals surface area contributed by atoms with Gasteiger partial charge in [-0.3, -0.25) is 4.98 Å². The lowest BCUT2D eigenvalue weighted by molar-refractivity contribution is 0.0696. The Labute approximate surface area is 109 Å². The molecule has 0 saturated heterocycles. The topological polar surface area (TPSA) is 59.4 Å². The van der Waals surface area contributed by atoms with Crippen molar-refractivity contribution < 1.29 is 14.6 Å². The highest BCUT2D eigenvalue weighted by molar-refractivity contribution is 6.31. The molecule has 0 aliphatic carbocycles. The molecule has 2 rings (SSSR count). The van der Waals surface area contributed by atoms with Crippen molar-refractivity contribution in [3.8, 4) is 11.5 Å². The number of aromatic carboxylic acids is 1. The van der Waals surface area contributed by atoms with Crippen LogP contribution in [0.2, 0.25) is 5.02 Å². The molecule has 0 aliphatic rings. The van der Waals surface area contributed by atoms with Crippen LogP contribution in [0.4, 0.5) is 0 Å². The maximum atomic E-state index is 10.9. The molecule has 4 nitrogen and oxygen atoms in total. The van der Waals surface area contributed by atoms with Crippen LogP contribution in [-0.4, -0.2) is 16.1 Å². The Hall–Kier alpha value is -2.07. The van der Waals surface area contributed by atoms with Crippen molar-refractivity contribution in [2.24, 2.45) is 0 Å². The van der Waals surface area contributed by atoms with Gasteiger partial charge in [-0.15, -0.1) is 0 Å². The van der Waals surface area contributed by atoms with E-state index < -0.39 is 5.97 Å². The number of hydrogen-bond acceptors (Lipinski definition) is 3. The predicted octanol–water partition coefficient (Wildman–Crippen LogP) is 3.53. The van der Waals surface area contributed by atoms with Gasteiger partial charge >= 0.3 is 5.97 Å². The molecule has 2 aromatic rings. The van der Waals surface area contributed by atoms with Crippen LogP contribution in [-0.2, 0) is 0 Å². The third-order valence-electron chi connectivity index (χ3n) is 2.39. The lowest BCUT2D eigenvalue weighted by Gasteiger charge is -2.08. The Balaban J connectivity index is 2.29. The monoisotopic (exact) mass is 263 g/mol. The first-order valence-electron chi connectivity index (χ1n) is 5.19. The minimum atomic E-state index is -0.957. The summed E-state index contributed by atoms with van der Waals surface area (Å²) in [4.78, 5) is 14.7. The van der Waals surface area contributed by atoms with Crippen molar-refractivity contribution in [2.75, 3.05) is 0 Å². The molecule has 0 unspecified atom stereocenters. The minimum Gasteiger partial charge on any atom is -0.478 e. The van der Waals surface area contributed by atoms with E-state index >= 15 is 0 Å². The Kier molecular flexibility index (Phi) is 3.48. The molecule has 0 fully saturated rings. The molecule has 0 amide bonds. The number of benzene rings is 1. The maximum Gasteiger partial charge on any atom is 0.335 e. The molecule has 1 aromatic carbocycles. The highest BCUT2D eigenvalue weighted by Gasteiger charge is 2.09. The van der Waals surface area contributed by atoms with Crippen LogP contribution in [0, 0.1) is 6.92 Å². The number of nitrogens with zero attached hydrogens (tertiary/aromatic N) is 1. The molecule has 0 saturated carbocycles. The third kappa shape index (κ3) is 2.60. The van der Waals surface area contributed by atoms with E-state index in [1.54, 1.807) is 31.3 Å². The number of aryl methyl sites for hydroxylation is 1. The Morgan fingerprint density at radius 3 is 2.78 bits per heavy atom. The first-order valence-corrected chi connectivity index (χ1v) is 5.57. The number of halogens is 1. The summed E-state index contributed by atoms with van der Waals surface area (Å²) in [6.07, 6.45) is 3.05. The standard InChI is InChI=1S/C13H10ClNO3/c1-8-6-9(2-3-10(8)13(16)17)18-12-4-5-15-7-11(12)14/h2-7H,1H3,(H,16,17). The molecule has 0 spiro atoms. The average Bonchev–Trinajstić information content (AvgIpc) is 2.32. The molecular weight excluding hydrogens is 254 g/mol. The van der Waals surface area contributed by atoms with Gasteiger partial charge in [0.05, 0.1) is 5.56 Å². The van der Waals surface area contributed by atoms with Crippen molar-refractivity contribution in [3.63, 3.8) is 0 Å². The molecule has 18 heavy (non-hydrogen) atoms. The lowest BCUT2D eigenvalue weighted by atomic mass is 10.1. The Morgan fingerprint density at radius 1 is 1.39 bits per heavy atom. The second kappa shape index (κ2) is 5.06. The zero-order valence-corrected chi connectivity index (χ0v) is 10.3. The number of hydrogen-bond donors (Lipinski definition) is 1. The second-order valence-corrected chi connectivity index (χ2v) is 4.10. The molecule has 0 bridgehead atoms. The van der Waals surface area contributed by atoms with E-state index in [0.29, 0.717) is 22.1 Å². The van der Waals surface area contributed by atoms with Gasteiger partial charge < -0.3 is 9.84 Å². The van der Waals surface area contributed by atoms with Crippen molar-refractivity contribution in [1.82, 2.24) is 4.98 Å². The number of rotatable bonds is 3. The second-order valence-electron chi connectivity index (χ2n) is 3.69. The van der Waals surface area contributed by atoms with E-state index in [1.807, 2.05) is 0 Å². The van der Waals surface area contributed by atoms with Crippen LogP contribution in [0.5, 0.6) is 11.5 Å². The minimum absolute atomic E-state index is 0.253. The summed E-state index contributed by atoms with van der Waals surface area (Å²) in [6, 6.07) is 6.39. The highest BCUT2D eigenvalue weighted by Crippen LogP contribution is 2.29. The van der Waals surface area contributed by atoms with Gasteiger partial charge in [-0.25, -0.2) is 4.79 Å². The summed E-state index contributed by atoms with van der Waals surface area (Å²) < 4.78 is 5.56. The fourth-order valence-corrected chi connectivity index (χ4v) is 1.67. The van der Waals surface area contributed by atoms with Crippen LogP contribution in [0.1, 0.15) is 15.9 Å². The van der Waals surface area contributed by atoms with Gasteiger partial charge in [0.25, 0.3) is 0 Å². The summed E-state index contributed by atoms with van der Waals surface area (Å²) in [5, 5.41) is 9.32. The summed E-state index contributed by atoms with van der Waals surface area (Å²) in [5.74, 6) is 0.0562. The van der Waals surface area contributed by atoms with Crippen LogP contribution in [0.15, 0.2) is 36.7 Å². The van der Waals surface area contributed by atoms with Crippen LogP contribution >= 0.6 is 11.6 Å². The first-order chi connectivity index (χ1) is 8.58. The van der Waals surface area contributed by atoms with Crippen LogP contribution in [0.25, 0.3) is 0 Å². The smallest absolute Gasteiger partial charge is 0.335 e. The van der Waals surface area contributed by atoms with Crippen molar-refractivity contribution in [3.05, 3.63) is 52.8 Å². The fraction of sp³-hybridized carbons (Fsp3) is 0.0769. The van der Waals surface area contributed by atoms with E-state index in [4.69, 9.17) is 21.4 Å². The van der Waals surface area contributed by atoms with E-state index in [0.717, 1.165) is 0 Å². The third-order valence-corrected chi connectivity index (χ3v) is 2.68.